The number of rotatable bonds is 0. The van der Waals surface area contributed by atoms with E-state index in [-0.39, 0.29) is 17.1 Å². The molecule has 0 aromatic rings. The van der Waals surface area contributed by atoms with Gasteiger partial charge < -0.3 is 19.2 Å². The topological polar surface area (TPSA) is 86.2 Å². The van der Waals surface area contributed by atoms with Crippen molar-refractivity contribution in [1.82, 2.24) is 0 Å². The van der Waals surface area contributed by atoms with Gasteiger partial charge in [-0.3, -0.25) is 0 Å². The van der Waals surface area contributed by atoms with Crippen LogP contribution in [0.5, 0.6) is 0 Å². The second-order valence-electron chi connectivity index (χ2n) is 0.447. The second-order valence-corrected chi connectivity index (χ2v) is 1.34. The van der Waals surface area contributed by atoms with E-state index in [0.717, 1.165) is 0 Å². The molecule has 0 N–H and O–H groups in total. The first kappa shape index (κ1) is 9.80. The summed E-state index contributed by atoms with van der Waals surface area (Å²) in [6.45, 7) is 0. The van der Waals surface area contributed by atoms with E-state index in [1.165, 1.54) is 0 Å². The molecule has 4 nitrogen and oxygen atoms in total. The molecule has 0 fully saturated rings. The summed E-state index contributed by atoms with van der Waals surface area (Å²) in [4.78, 5) is 25.6. The van der Waals surface area contributed by atoms with E-state index in [2.05, 4.69) is 0 Å². The first-order chi connectivity index (χ1) is 2.00. The van der Waals surface area contributed by atoms with Crippen molar-refractivity contribution >= 4 is 7.82 Å². The van der Waals surface area contributed by atoms with Gasteiger partial charge in [0.15, 0.2) is 0 Å². The van der Waals surface area contributed by atoms with E-state index in [1.54, 1.807) is 0 Å². The van der Waals surface area contributed by atoms with E-state index in [1.807, 2.05) is 0 Å². The van der Waals surface area contributed by atoms with Gasteiger partial charge in [0, 0.05) is 17.1 Å². The fourth-order valence-corrected chi connectivity index (χ4v) is 0. The first-order valence-electron chi connectivity index (χ1n) is 0.730. The van der Waals surface area contributed by atoms with Crippen LogP contribution < -0.4 is 14.7 Å². The summed E-state index contributed by atoms with van der Waals surface area (Å²) in [5, 5.41) is 0. The van der Waals surface area contributed by atoms with Gasteiger partial charge in [-0.05, 0) is 0 Å². The molecule has 0 unspecified atom stereocenters. The molecule has 0 aromatic heterocycles. The zero-order chi connectivity index (χ0) is 4.50. The minimum atomic E-state index is -5.39. The van der Waals surface area contributed by atoms with Gasteiger partial charge in [0.2, 0.25) is 0 Å². The van der Waals surface area contributed by atoms with Crippen molar-refractivity contribution in [2.75, 3.05) is 0 Å². The predicted molar refractivity (Wildman–Crippen MR) is 7.61 cm³/mol. The molecule has 0 aliphatic rings. The third-order valence-electron chi connectivity index (χ3n) is 0. The Balaban J connectivity index is 0. The molecule has 6 heavy (non-hydrogen) atoms. The fourth-order valence-electron chi connectivity index (χ4n) is 0. The molecular weight excluding hydrogens is 159 g/mol. The van der Waals surface area contributed by atoms with Crippen LogP contribution in [-0.4, -0.2) is 0 Å². The van der Waals surface area contributed by atoms with Crippen molar-refractivity contribution in [3.63, 3.8) is 0 Å². The normalized spacial score (nSPS) is 9.83. The molecule has 43 valence electrons. The molecule has 0 rings (SSSR count). The van der Waals surface area contributed by atoms with Gasteiger partial charge in [0.1, 0.15) is 0 Å². The average Bonchev–Trinajstić information content (AvgIpc) is 0.722. The molecule has 0 saturated heterocycles. The van der Waals surface area contributed by atoms with Gasteiger partial charge in [-0.2, -0.15) is 7.82 Å². The Hall–Kier alpha value is 0.629. The van der Waals surface area contributed by atoms with Crippen LogP contribution in [0.1, 0.15) is 0 Å². The maximum Gasteiger partial charge on any atom is 0 e. The van der Waals surface area contributed by atoms with Gasteiger partial charge in [-0.1, -0.05) is 0 Å². The summed E-state index contributed by atoms with van der Waals surface area (Å²) < 4.78 is 8.55. The molecule has 6 heteroatoms. The predicted octanol–water partition coefficient (Wildman–Crippen LogP) is -2.83. The number of phosphoric acid groups is 1. The molecule has 0 atom stereocenters. The summed E-state index contributed by atoms with van der Waals surface area (Å²) >= 11 is 0. The summed E-state index contributed by atoms with van der Waals surface area (Å²) in [6, 6.07) is 0. The van der Waals surface area contributed by atoms with Crippen LogP contribution in [0, 0.1) is 0 Å². The molecule has 0 spiro atoms. The maximum atomic E-state index is 8.55. The molecular formula is CuO4P-3. The van der Waals surface area contributed by atoms with Gasteiger partial charge in [0.05, 0.1) is 0 Å². The minimum absolute atomic E-state index is 0. The van der Waals surface area contributed by atoms with Crippen molar-refractivity contribution in [2.24, 2.45) is 0 Å². The van der Waals surface area contributed by atoms with Crippen LogP contribution in [0.2, 0.25) is 0 Å². The Bertz CT molecular complexity index is 53.7. The third kappa shape index (κ3) is 154. The summed E-state index contributed by atoms with van der Waals surface area (Å²) in [7, 11) is -5.39. The Morgan fingerprint density at radius 3 is 1.17 bits per heavy atom. The van der Waals surface area contributed by atoms with Gasteiger partial charge in [0.25, 0.3) is 0 Å². The van der Waals surface area contributed by atoms with E-state index in [9.17, 15) is 0 Å². The SMILES string of the molecule is O=P([O-])([O-])[O-].[Cu]. The molecule has 0 aliphatic carbocycles. The maximum absolute atomic E-state index is 8.55. The first-order valence-corrected chi connectivity index (χ1v) is 2.19. The average molecular weight is 159 g/mol. The van der Waals surface area contributed by atoms with Crippen LogP contribution in [-0.2, 0) is 21.6 Å². The number of hydrogen-bond donors (Lipinski definition) is 0. The molecule has 0 aromatic carbocycles. The van der Waals surface area contributed by atoms with E-state index in [0.29, 0.717) is 0 Å². The zero-order valence-corrected chi connectivity index (χ0v) is 4.22. The standard InChI is InChI=1S/Cu.H3O4P/c;1-5(2,3)4/h;(H3,1,2,3,4)/p-3. The van der Waals surface area contributed by atoms with Crippen molar-refractivity contribution in [2.45, 2.75) is 0 Å². The second kappa shape index (κ2) is 2.75. The van der Waals surface area contributed by atoms with E-state index in [4.69, 9.17) is 19.2 Å². The summed E-state index contributed by atoms with van der Waals surface area (Å²) in [5.74, 6) is 0. The zero-order valence-electron chi connectivity index (χ0n) is 2.38. The van der Waals surface area contributed by atoms with Crippen LogP contribution >= 0.6 is 7.82 Å². The Morgan fingerprint density at radius 2 is 1.17 bits per heavy atom. The quantitative estimate of drug-likeness (QED) is 0.281. The van der Waals surface area contributed by atoms with Crippen LogP contribution in [0.15, 0.2) is 0 Å². The van der Waals surface area contributed by atoms with Crippen molar-refractivity contribution in [1.29, 1.82) is 0 Å². The van der Waals surface area contributed by atoms with E-state index >= 15 is 0 Å². The van der Waals surface area contributed by atoms with Crippen LogP contribution in [0.25, 0.3) is 0 Å². The Labute approximate surface area is 44.9 Å². The Morgan fingerprint density at radius 1 is 1.17 bits per heavy atom. The van der Waals surface area contributed by atoms with Crippen LogP contribution in [0.3, 0.4) is 0 Å². The number of hydrogen-bond acceptors (Lipinski definition) is 4. The summed E-state index contributed by atoms with van der Waals surface area (Å²) in [6.07, 6.45) is 0. The molecule has 0 bridgehead atoms. The largest absolute Gasteiger partial charge is 0.822 e. The smallest absolute Gasteiger partial charge is 0 e. The summed E-state index contributed by atoms with van der Waals surface area (Å²) in [5.41, 5.74) is 0. The molecule has 1 radical (unpaired) electrons. The van der Waals surface area contributed by atoms with Crippen molar-refractivity contribution < 1.29 is 36.3 Å². The molecule has 0 amide bonds. The fraction of sp³-hybridized carbons (Fsp3) is 0. The van der Waals surface area contributed by atoms with Crippen LogP contribution in [0.4, 0.5) is 0 Å². The third-order valence-corrected chi connectivity index (χ3v) is 0. The molecule has 0 saturated carbocycles. The monoisotopic (exact) mass is 158 g/mol. The van der Waals surface area contributed by atoms with E-state index < -0.39 is 7.82 Å². The van der Waals surface area contributed by atoms with Gasteiger partial charge in [-0.25, -0.2) is 0 Å². The van der Waals surface area contributed by atoms with Crippen molar-refractivity contribution in [3.05, 3.63) is 0 Å². The molecule has 0 heterocycles. The molecule has 0 aliphatic heterocycles. The minimum Gasteiger partial charge on any atom is -0.822 e. The van der Waals surface area contributed by atoms with Crippen molar-refractivity contribution in [3.8, 4) is 0 Å². The Kier molecular flexibility index (Phi) is 4.49. The van der Waals surface area contributed by atoms with Gasteiger partial charge >= 0.3 is 0 Å². The van der Waals surface area contributed by atoms with Gasteiger partial charge in [-0.15, -0.1) is 0 Å².